The first-order valence-electron chi connectivity index (χ1n) is 10.6. The van der Waals surface area contributed by atoms with Crippen LogP contribution in [0.15, 0.2) is 133 Å². The van der Waals surface area contributed by atoms with E-state index in [1.54, 1.807) is 0 Å². The minimum absolute atomic E-state index is 1.13. The Hall–Kier alpha value is -4.10. The molecule has 0 aliphatic rings. The summed E-state index contributed by atoms with van der Waals surface area (Å²) in [5.41, 5.74) is 5.76. The maximum Gasteiger partial charge on any atom is 0.0540 e. The van der Waals surface area contributed by atoms with Gasteiger partial charge in [-0.15, -0.1) is 0 Å². The van der Waals surface area contributed by atoms with Gasteiger partial charge < -0.3 is 4.90 Å². The van der Waals surface area contributed by atoms with E-state index < -0.39 is 0 Å². The fraction of sp³-hybridized carbons (Fsp3) is 0. The van der Waals surface area contributed by atoms with Gasteiger partial charge in [0.1, 0.15) is 0 Å². The van der Waals surface area contributed by atoms with Crippen LogP contribution in [0.25, 0.3) is 22.5 Å². The molecule has 0 fully saturated rings. The Morgan fingerprint density at radius 2 is 1.00 bits per heavy atom. The summed E-state index contributed by atoms with van der Waals surface area (Å²) in [5, 5.41) is 2.49. The summed E-state index contributed by atoms with van der Waals surface area (Å²) in [6.07, 6.45) is 2.30. The zero-order valence-electron chi connectivity index (χ0n) is 17.2. The van der Waals surface area contributed by atoms with Crippen LogP contribution in [0.2, 0.25) is 0 Å². The van der Waals surface area contributed by atoms with E-state index >= 15 is 0 Å². The largest absolute Gasteiger partial charge is 0.310 e. The van der Waals surface area contributed by atoms with E-state index in [1.165, 1.54) is 21.9 Å². The van der Waals surface area contributed by atoms with Crippen molar-refractivity contribution in [2.75, 3.05) is 4.90 Å². The van der Waals surface area contributed by atoms with Gasteiger partial charge in [0, 0.05) is 11.4 Å². The number of hydrogen-bond acceptors (Lipinski definition) is 1. The number of hydrogen-bond donors (Lipinski definition) is 0. The van der Waals surface area contributed by atoms with Crippen molar-refractivity contribution in [2.24, 2.45) is 0 Å². The van der Waals surface area contributed by atoms with Crippen LogP contribution in [-0.2, 0) is 0 Å². The highest BCUT2D eigenvalue weighted by Crippen LogP contribution is 2.36. The van der Waals surface area contributed by atoms with Crippen LogP contribution >= 0.6 is 0 Å². The summed E-state index contributed by atoms with van der Waals surface area (Å²) in [4.78, 5) is 2.33. The van der Waals surface area contributed by atoms with Gasteiger partial charge in [0.25, 0.3) is 0 Å². The maximum absolute atomic E-state index is 2.33. The molecule has 5 aromatic rings. The van der Waals surface area contributed by atoms with E-state index in [2.05, 4.69) is 144 Å². The fourth-order valence-electron chi connectivity index (χ4n) is 3.99. The lowest BCUT2D eigenvalue weighted by atomic mass is 10.0. The molecule has 1 nitrogen and oxygen atoms in total. The predicted molar refractivity (Wildman–Crippen MR) is 133 cm³/mol. The van der Waals surface area contributed by atoms with E-state index in [-0.39, 0.29) is 0 Å². The van der Waals surface area contributed by atoms with Crippen molar-refractivity contribution in [2.45, 2.75) is 0 Å². The van der Waals surface area contributed by atoms with Gasteiger partial charge in [-0.25, -0.2) is 0 Å². The van der Waals surface area contributed by atoms with Gasteiger partial charge in [0.2, 0.25) is 0 Å². The number of fused-ring (bicyclic) bond motifs is 1. The molecule has 0 aliphatic heterocycles. The summed E-state index contributed by atoms with van der Waals surface area (Å²) >= 11 is 0. The molecule has 0 amide bonds. The van der Waals surface area contributed by atoms with Crippen molar-refractivity contribution >= 4 is 33.9 Å². The molecule has 0 spiro atoms. The number of nitrogens with zero attached hydrogens (tertiary/aromatic N) is 1. The highest BCUT2D eigenvalue weighted by molar-refractivity contribution is 6.00. The molecule has 0 saturated heterocycles. The molecule has 0 atom stereocenters. The van der Waals surface area contributed by atoms with Gasteiger partial charge in [0.05, 0.1) is 5.70 Å². The second-order valence-corrected chi connectivity index (χ2v) is 7.47. The van der Waals surface area contributed by atoms with Gasteiger partial charge in [-0.05, 0) is 52.2 Å². The Morgan fingerprint density at radius 1 is 0.484 bits per heavy atom. The van der Waals surface area contributed by atoms with E-state index in [4.69, 9.17) is 0 Å². The molecule has 0 aromatic heterocycles. The third-order valence-corrected chi connectivity index (χ3v) is 5.45. The second-order valence-electron chi connectivity index (χ2n) is 7.47. The van der Waals surface area contributed by atoms with Crippen LogP contribution in [0.5, 0.6) is 0 Å². The molecule has 0 bridgehead atoms. The van der Waals surface area contributed by atoms with Crippen LogP contribution in [0.1, 0.15) is 11.1 Å². The predicted octanol–water partition coefficient (Wildman–Crippen LogP) is 8.18. The average molecular weight is 398 g/mol. The quantitative estimate of drug-likeness (QED) is 0.270. The summed E-state index contributed by atoms with van der Waals surface area (Å²) in [5.74, 6) is 0. The lowest BCUT2D eigenvalue weighted by molar-refractivity contribution is 1.30. The molecule has 0 unspecified atom stereocenters. The minimum Gasteiger partial charge on any atom is -0.310 e. The van der Waals surface area contributed by atoms with Gasteiger partial charge in [-0.1, -0.05) is 109 Å². The summed E-state index contributed by atoms with van der Waals surface area (Å²) in [6.45, 7) is 0. The first-order valence-corrected chi connectivity index (χ1v) is 10.6. The SMILES string of the molecule is C(=C(\c1ccccc1)N(c1ccccc1)c1ccccc1)/c1cccc2ccccc12. The first-order chi connectivity index (χ1) is 15.4. The molecule has 0 N–H and O–H groups in total. The molecule has 5 rings (SSSR count). The Balaban J connectivity index is 1.78. The summed E-state index contributed by atoms with van der Waals surface area (Å²) in [7, 11) is 0. The summed E-state index contributed by atoms with van der Waals surface area (Å²) < 4.78 is 0. The molecule has 0 aliphatic carbocycles. The molecule has 5 aromatic carbocycles. The van der Waals surface area contributed by atoms with Crippen LogP contribution in [0.3, 0.4) is 0 Å². The van der Waals surface area contributed by atoms with Crippen molar-refractivity contribution in [1.82, 2.24) is 0 Å². The highest BCUT2D eigenvalue weighted by atomic mass is 15.1. The molecule has 31 heavy (non-hydrogen) atoms. The van der Waals surface area contributed by atoms with Crippen molar-refractivity contribution < 1.29 is 0 Å². The molecular formula is C30H23N. The lowest BCUT2D eigenvalue weighted by Gasteiger charge is -2.28. The summed E-state index contributed by atoms with van der Waals surface area (Å²) in [6, 6.07) is 46.8. The smallest absolute Gasteiger partial charge is 0.0540 e. The lowest BCUT2D eigenvalue weighted by Crippen LogP contribution is -2.15. The van der Waals surface area contributed by atoms with Gasteiger partial charge in [-0.3, -0.25) is 0 Å². The topological polar surface area (TPSA) is 3.24 Å². The second kappa shape index (κ2) is 8.73. The Bertz CT molecular complexity index is 1260. The maximum atomic E-state index is 2.33. The first kappa shape index (κ1) is 18.9. The minimum atomic E-state index is 1.13. The Labute approximate surface area is 183 Å². The van der Waals surface area contributed by atoms with Crippen molar-refractivity contribution in [3.05, 3.63) is 145 Å². The normalized spacial score (nSPS) is 11.4. The van der Waals surface area contributed by atoms with Crippen LogP contribution in [0, 0.1) is 0 Å². The van der Waals surface area contributed by atoms with Crippen molar-refractivity contribution in [3.63, 3.8) is 0 Å². The molecule has 0 saturated carbocycles. The van der Waals surface area contributed by atoms with E-state index in [0.717, 1.165) is 17.1 Å². The van der Waals surface area contributed by atoms with Gasteiger partial charge >= 0.3 is 0 Å². The van der Waals surface area contributed by atoms with Gasteiger partial charge in [-0.2, -0.15) is 0 Å². The van der Waals surface area contributed by atoms with Crippen LogP contribution in [-0.4, -0.2) is 0 Å². The number of benzene rings is 5. The average Bonchev–Trinajstić information content (AvgIpc) is 2.86. The third-order valence-electron chi connectivity index (χ3n) is 5.45. The van der Waals surface area contributed by atoms with Gasteiger partial charge in [0.15, 0.2) is 0 Å². The Kier molecular flexibility index (Phi) is 5.32. The fourth-order valence-corrected chi connectivity index (χ4v) is 3.99. The number of anilines is 2. The van der Waals surface area contributed by atoms with E-state index in [0.29, 0.717) is 0 Å². The molecule has 0 heterocycles. The molecular weight excluding hydrogens is 374 g/mol. The Morgan fingerprint density at radius 3 is 1.65 bits per heavy atom. The standard InChI is InChI=1S/C30H23N/c1-4-14-25(15-5-1)30(23-26-17-12-16-24-13-10-11-22-29(24)26)31(27-18-6-2-7-19-27)28-20-8-3-9-21-28/h1-23H/b30-23-. The van der Waals surface area contributed by atoms with E-state index in [9.17, 15) is 0 Å². The van der Waals surface area contributed by atoms with Crippen LogP contribution < -0.4 is 4.90 Å². The van der Waals surface area contributed by atoms with Crippen molar-refractivity contribution in [1.29, 1.82) is 0 Å². The zero-order chi connectivity index (χ0) is 20.9. The molecule has 148 valence electrons. The third kappa shape index (κ3) is 3.99. The molecule has 1 heteroatoms. The van der Waals surface area contributed by atoms with Crippen LogP contribution in [0.4, 0.5) is 11.4 Å². The zero-order valence-corrected chi connectivity index (χ0v) is 17.2. The monoisotopic (exact) mass is 397 g/mol. The number of rotatable bonds is 5. The van der Waals surface area contributed by atoms with E-state index in [1.807, 2.05) is 0 Å². The molecule has 0 radical (unpaired) electrons. The number of para-hydroxylation sites is 2. The highest BCUT2D eigenvalue weighted by Gasteiger charge is 2.16. The van der Waals surface area contributed by atoms with Crippen molar-refractivity contribution in [3.8, 4) is 0 Å².